The fourth-order valence-electron chi connectivity index (χ4n) is 1.99. The van der Waals surface area contributed by atoms with Gasteiger partial charge in [0, 0.05) is 25.8 Å². The van der Waals surface area contributed by atoms with Crippen molar-refractivity contribution < 1.29 is 19.1 Å². The second kappa shape index (κ2) is 7.41. The topological polar surface area (TPSA) is 109 Å². The van der Waals surface area contributed by atoms with Gasteiger partial charge in [-0.1, -0.05) is 18.2 Å². The molecular weight excluding hydrogens is 288 g/mol. The van der Waals surface area contributed by atoms with E-state index < -0.39 is 23.8 Å². The molecule has 2 N–H and O–H groups in total. The van der Waals surface area contributed by atoms with Gasteiger partial charge in [-0.05, 0) is 11.6 Å². The zero-order chi connectivity index (χ0) is 15.9. The smallest absolute Gasteiger partial charge is 0.309 e. The Morgan fingerprint density at radius 2 is 1.95 bits per heavy atom. The summed E-state index contributed by atoms with van der Waals surface area (Å²) in [6.07, 6.45) is 0. The maximum Gasteiger partial charge on any atom is 0.309 e. The van der Waals surface area contributed by atoms with Crippen LogP contribution >= 0.6 is 0 Å². The van der Waals surface area contributed by atoms with Gasteiger partial charge in [0.1, 0.15) is 6.04 Å². The highest BCUT2D eigenvalue weighted by molar-refractivity contribution is 6.35. The van der Waals surface area contributed by atoms with Crippen LogP contribution in [0.4, 0.5) is 0 Å². The number of amides is 3. The van der Waals surface area contributed by atoms with Crippen LogP contribution in [0, 0.1) is 0 Å². The second-order valence-corrected chi connectivity index (χ2v) is 4.58. The molecule has 1 aromatic rings. The quantitative estimate of drug-likeness (QED) is 0.598. The Morgan fingerprint density at radius 1 is 1.23 bits per heavy atom. The zero-order valence-electron chi connectivity index (χ0n) is 12.0. The molecule has 8 heteroatoms. The number of carbonyl (C=O) groups excluding carboxylic acids is 3. The van der Waals surface area contributed by atoms with E-state index in [4.69, 9.17) is 4.74 Å². The Bertz CT molecular complexity index is 615. The molecule has 0 spiro atoms. The van der Waals surface area contributed by atoms with Crippen molar-refractivity contribution in [1.29, 1.82) is 0 Å². The molecule has 0 saturated heterocycles. The molecule has 3 amide bonds. The standard InChI is InChI=1S/C14H16N4O4/c1-22-7-6-15-13(20)14(21)16-8-11-9-4-2-3-5-10(9)12(19)18-17-11/h2-5,11H,6-8H2,1H3,(H,15,20)(H,16,21). The zero-order valence-corrected chi connectivity index (χ0v) is 12.0. The van der Waals surface area contributed by atoms with Crippen molar-refractivity contribution in [3.8, 4) is 0 Å². The van der Waals surface area contributed by atoms with Crippen molar-refractivity contribution in [2.75, 3.05) is 26.8 Å². The van der Waals surface area contributed by atoms with Crippen LogP contribution in [0.3, 0.4) is 0 Å². The summed E-state index contributed by atoms with van der Waals surface area (Å²) >= 11 is 0. The van der Waals surface area contributed by atoms with E-state index in [-0.39, 0.29) is 13.1 Å². The van der Waals surface area contributed by atoms with Gasteiger partial charge in [0.15, 0.2) is 0 Å². The molecule has 1 unspecified atom stereocenters. The second-order valence-electron chi connectivity index (χ2n) is 4.58. The molecule has 0 bridgehead atoms. The third-order valence-corrected chi connectivity index (χ3v) is 3.09. The summed E-state index contributed by atoms with van der Waals surface area (Å²) in [5.41, 5.74) is 1.14. The van der Waals surface area contributed by atoms with E-state index in [2.05, 4.69) is 20.9 Å². The van der Waals surface area contributed by atoms with Crippen molar-refractivity contribution in [2.24, 2.45) is 10.2 Å². The van der Waals surface area contributed by atoms with E-state index in [1.807, 2.05) is 0 Å². The molecule has 0 radical (unpaired) electrons. The Labute approximate surface area is 126 Å². The van der Waals surface area contributed by atoms with E-state index in [1.54, 1.807) is 24.3 Å². The molecule has 8 nitrogen and oxygen atoms in total. The van der Waals surface area contributed by atoms with E-state index in [0.717, 1.165) is 0 Å². The highest BCUT2D eigenvalue weighted by atomic mass is 16.5. The Morgan fingerprint density at radius 3 is 2.73 bits per heavy atom. The number of nitrogens with one attached hydrogen (secondary N) is 2. The van der Waals surface area contributed by atoms with Crippen LogP contribution < -0.4 is 10.6 Å². The van der Waals surface area contributed by atoms with Crippen LogP contribution in [0.2, 0.25) is 0 Å². The first-order valence-electron chi connectivity index (χ1n) is 6.72. The third-order valence-electron chi connectivity index (χ3n) is 3.09. The molecule has 1 aliphatic heterocycles. The SMILES string of the molecule is COCCNC(=O)C(=O)NCC1N=NC(=O)c2ccccc21. The van der Waals surface area contributed by atoms with E-state index in [9.17, 15) is 14.4 Å². The molecule has 1 atom stereocenters. The van der Waals surface area contributed by atoms with Crippen LogP contribution in [0.15, 0.2) is 34.5 Å². The first-order chi connectivity index (χ1) is 10.6. The molecule has 1 aromatic carbocycles. The number of nitrogens with zero attached hydrogens (tertiary/aromatic N) is 2. The third kappa shape index (κ3) is 3.73. The van der Waals surface area contributed by atoms with Crippen molar-refractivity contribution in [2.45, 2.75) is 6.04 Å². The fraction of sp³-hybridized carbons (Fsp3) is 0.357. The van der Waals surface area contributed by atoms with Gasteiger partial charge in [0.2, 0.25) is 0 Å². The molecule has 0 aliphatic carbocycles. The van der Waals surface area contributed by atoms with Gasteiger partial charge in [-0.25, -0.2) is 0 Å². The summed E-state index contributed by atoms with van der Waals surface area (Å²) in [5, 5.41) is 12.3. The molecule has 1 aliphatic rings. The molecule has 2 rings (SSSR count). The number of fused-ring (bicyclic) bond motifs is 1. The summed E-state index contributed by atoms with van der Waals surface area (Å²) in [4.78, 5) is 34.8. The van der Waals surface area contributed by atoms with Crippen molar-refractivity contribution >= 4 is 17.7 Å². The highest BCUT2D eigenvalue weighted by Gasteiger charge is 2.24. The minimum Gasteiger partial charge on any atom is -0.383 e. The number of methoxy groups -OCH3 is 1. The summed E-state index contributed by atoms with van der Waals surface area (Å²) in [7, 11) is 1.50. The first kappa shape index (κ1) is 15.8. The highest BCUT2D eigenvalue weighted by Crippen LogP contribution is 2.26. The predicted molar refractivity (Wildman–Crippen MR) is 76.3 cm³/mol. The predicted octanol–water partition coefficient (Wildman–Crippen LogP) is 0.213. The van der Waals surface area contributed by atoms with Gasteiger partial charge in [0.25, 0.3) is 5.91 Å². The average molecular weight is 304 g/mol. The van der Waals surface area contributed by atoms with Gasteiger partial charge < -0.3 is 15.4 Å². The normalized spacial score (nSPS) is 16.0. The largest absolute Gasteiger partial charge is 0.383 e. The number of carbonyl (C=O) groups is 3. The van der Waals surface area contributed by atoms with Crippen molar-refractivity contribution in [1.82, 2.24) is 10.6 Å². The molecule has 116 valence electrons. The Balaban J connectivity index is 1.92. The van der Waals surface area contributed by atoms with Crippen LogP contribution in [-0.4, -0.2) is 44.5 Å². The van der Waals surface area contributed by atoms with Crippen molar-refractivity contribution in [3.05, 3.63) is 35.4 Å². The number of ether oxygens (including phenoxy) is 1. The van der Waals surface area contributed by atoms with Crippen LogP contribution in [0.5, 0.6) is 0 Å². The lowest BCUT2D eigenvalue weighted by atomic mass is 9.99. The molecule has 1 heterocycles. The molecule has 22 heavy (non-hydrogen) atoms. The lowest BCUT2D eigenvalue weighted by molar-refractivity contribution is -0.139. The van der Waals surface area contributed by atoms with Crippen LogP contribution in [0.1, 0.15) is 22.0 Å². The number of azo groups is 1. The minimum atomic E-state index is -0.763. The number of benzene rings is 1. The van der Waals surface area contributed by atoms with Gasteiger partial charge in [-0.15, -0.1) is 5.11 Å². The van der Waals surface area contributed by atoms with Crippen LogP contribution in [0.25, 0.3) is 0 Å². The van der Waals surface area contributed by atoms with Crippen LogP contribution in [-0.2, 0) is 14.3 Å². The molecule has 0 aromatic heterocycles. The lowest BCUT2D eigenvalue weighted by Gasteiger charge is -2.18. The monoisotopic (exact) mass is 304 g/mol. The van der Waals surface area contributed by atoms with Gasteiger partial charge in [-0.3, -0.25) is 14.4 Å². The Hall–Kier alpha value is -2.61. The number of rotatable bonds is 5. The first-order valence-corrected chi connectivity index (χ1v) is 6.72. The summed E-state index contributed by atoms with van der Waals surface area (Å²) < 4.78 is 4.77. The summed E-state index contributed by atoms with van der Waals surface area (Å²) in [6, 6.07) is 6.43. The lowest BCUT2D eigenvalue weighted by Crippen LogP contribution is -2.42. The number of hydrogen-bond donors (Lipinski definition) is 2. The maximum absolute atomic E-state index is 11.7. The van der Waals surface area contributed by atoms with Gasteiger partial charge in [0.05, 0.1) is 6.61 Å². The van der Waals surface area contributed by atoms with E-state index in [0.29, 0.717) is 17.7 Å². The fourth-order valence-corrected chi connectivity index (χ4v) is 1.99. The maximum atomic E-state index is 11.7. The van der Waals surface area contributed by atoms with Gasteiger partial charge in [-0.2, -0.15) is 5.11 Å². The number of hydrogen-bond acceptors (Lipinski definition) is 5. The van der Waals surface area contributed by atoms with Gasteiger partial charge >= 0.3 is 11.8 Å². The van der Waals surface area contributed by atoms with E-state index >= 15 is 0 Å². The average Bonchev–Trinajstić information content (AvgIpc) is 2.54. The molecule has 0 fully saturated rings. The van der Waals surface area contributed by atoms with E-state index in [1.165, 1.54) is 7.11 Å². The summed E-state index contributed by atoms with van der Waals surface area (Å²) in [6.45, 7) is 0.666. The molecular formula is C14H16N4O4. The molecule has 0 saturated carbocycles. The minimum absolute atomic E-state index is 0.0876. The summed E-state index contributed by atoms with van der Waals surface area (Å²) in [5.74, 6) is -1.91. The Kier molecular flexibility index (Phi) is 5.31. The van der Waals surface area contributed by atoms with Crippen molar-refractivity contribution in [3.63, 3.8) is 0 Å².